The Kier molecular flexibility index (Phi) is 7.95. The predicted octanol–water partition coefficient (Wildman–Crippen LogP) is 3.72. The molecule has 214 valence electrons. The third-order valence-corrected chi connectivity index (χ3v) is 7.65. The van der Waals surface area contributed by atoms with E-state index in [1.807, 2.05) is 6.07 Å². The molecule has 0 amide bonds. The summed E-state index contributed by atoms with van der Waals surface area (Å²) >= 11 is 0. The Bertz CT molecular complexity index is 1290. The molecule has 10 heteroatoms. The van der Waals surface area contributed by atoms with E-state index in [0.29, 0.717) is 11.3 Å². The highest BCUT2D eigenvalue weighted by Crippen LogP contribution is 2.51. The second kappa shape index (κ2) is 11.4. The lowest BCUT2D eigenvalue weighted by Crippen LogP contribution is -2.52. The quantitative estimate of drug-likeness (QED) is 0.275. The lowest BCUT2D eigenvalue weighted by atomic mass is 9.82. The summed E-state index contributed by atoms with van der Waals surface area (Å²) in [6.07, 6.45) is -2.65. The van der Waals surface area contributed by atoms with Crippen LogP contribution in [0.15, 0.2) is 60.7 Å². The van der Waals surface area contributed by atoms with Crippen LogP contribution in [0, 0.1) is 11.8 Å². The summed E-state index contributed by atoms with van der Waals surface area (Å²) < 4.78 is 34.4. The maximum atomic E-state index is 12.1. The van der Waals surface area contributed by atoms with E-state index in [-0.39, 0.29) is 60.2 Å². The van der Waals surface area contributed by atoms with Crippen molar-refractivity contribution in [2.24, 2.45) is 11.8 Å². The van der Waals surface area contributed by atoms with E-state index in [4.69, 9.17) is 28.4 Å². The van der Waals surface area contributed by atoms with Crippen LogP contribution in [0.1, 0.15) is 29.8 Å². The van der Waals surface area contributed by atoms with Gasteiger partial charge in [0.2, 0.25) is 11.5 Å². The second-order valence-corrected chi connectivity index (χ2v) is 10.0. The number of aromatic hydroxyl groups is 2. The van der Waals surface area contributed by atoms with E-state index in [1.165, 1.54) is 33.5 Å². The van der Waals surface area contributed by atoms with Crippen molar-refractivity contribution < 1.29 is 48.8 Å². The van der Waals surface area contributed by atoms with Gasteiger partial charge in [-0.3, -0.25) is 0 Å². The van der Waals surface area contributed by atoms with Gasteiger partial charge in [-0.2, -0.15) is 0 Å². The molecule has 10 nitrogen and oxygen atoms in total. The molecule has 0 bridgehead atoms. The van der Waals surface area contributed by atoms with E-state index < -0.39 is 24.1 Å². The molecule has 0 saturated carbocycles. The van der Waals surface area contributed by atoms with Gasteiger partial charge in [0.25, 0.3) is 0 Å². The minimum atomic E-state index is -1.94. The lowest BCUT2D eigenvalue weighted by molar-refractivity contribution is -0.234. The van der Waals surface area contributed by atoms with Gasteiger partial charge in [0.1, 0.15) is 11.9 Å². The van der Waals surface area contributed by atoms with Crippen LogP contribution >= 0.6 is 0 Å². The molecule has 2 aliphatic rings. The van der Waals surface area contributed by atoms with Crippen molar-refractivity contribution in [1.82, 2.24) is 0 Å². The number of benzene rings is 3. The maximum absolute atomic E-state index is 12.1. The van der Waals surface area contributed by atoms with Gasteiger partial charge in [-0.25, -0.2) is 0 Å². The van der Waals surface area contributed by atoms with Gasteiger partial charge in [0, 0.05) is 18.3 Å². The monoisotopic (exact) mass is 554 g/mol. The van der Waals surface area contributed by atoms with Gasteiger partial charge in [0.15, 0.2) is 23.0 Å². The van der Waals surface area contributed by atoms with E-state index >= 15 is 0 Å². The van der Waals surface area contributed by atoms with Gasteiger partial charge in [-0.1, -0.05) is 24.3 Å². The molecule has 2 saturated heterocycles. The number of phenolic OH excluding ortho intramolecular Hbond substituents is 2. The number of phenols is 2. The summed E-state index contributed by atoms with van der Waals surface area (Å²) in [6.45, 7) is 0.546. The fraction of sp³-hybridized carbons (Fsp3) is 0.400. The normalized spacial score (nSPS) is 24.1. The molecular weight excluding hydrogens is 520 g/mol. The van der Waals surface area contributed by atoms with Crippen LogP contribution < -0.4 is 18.9 Å². The van der Waals surface area contributed by atoms with Crippen LogP contribution in [0.4, 0.5) is 0 Å². The third kappa shape index (κ3) is 5.23. The first-order valence-corrected chi connectivity index (χ1v) is 13.0. The number of methoxy groups -OCH3 is 3. The molecule has 2 aliphatic heterocycles. The zero-order valence-electron chi connectivity index (χ0n) is 22.5. The molecule has 6 unspecified atom stereocenters. The Hall–Kier alpha value is -3.70. The summed E-state index contributed by atoms with van der Waals surface area (Å²) in [4.78, 5) is 0. The zero-order chi connectivity index (χ0) is 28.4. The van der Waals surface area contributed by atoms with Gasteiger partial charge in [-0.05, 0) is 47.5 Å². The summed E-state index contributed by atoms with van der Waals surface area (Å²) in [5, 5.41) is 43.6. The highest BCUT2D eigenvalue weighted by molar-refractivity contribution is 5.53. The number of aliphatic hydroxyl groups excluding tert-OH is 1. The van der Waals surface area contributed by atoms with Gasteiger partial charge in [0.05, 0.1) is 46.8 Å². The van der Waals surface area contributed by atoms with Crippen LogP contribution in [0.5, 0.6) is 34.5 Å². The average Bonchev–Trinajstić information content (AvgIpc) is 3.57. The van der Waals surface area contributed by atoms with E-state index in [0.717, 1.165) is 5.56 Å². The van der Waals surface area contributed by atoms with Crippen LogP contribution in [-0.2, 0) is 9.47 Å². The van der Waals surface area contributed by atoms with Gasteiger partial charge in [-0.15, -0.1) is 0 Å². The van der Waals surface area contributed by atoms with Crippen molar-refractivity contribution in [3.8, 4) is 34.5 Å². The molecule has 2 fully saturated rings. The van der Waals surface area contributed by atoms with Crippen molar-refractivity contribution >= 4 is 0 Å². The minimum Gasteiger partial charge on any atom is -0.504 e. The number of para-hydroxylation sites is 1. The molecule has 3 aromatic carbocycles. The molecule has 0 aliphatic carbocycles. The molecule has 0 aromatic heterocycles. The third-order valence-electron chi connectivity index (χ3n) is 7.65. The molecule has 0 radical (unpaired) electrons. The highest BCUT2D eigenvalue weighted by Gasteiger charge is 2.57. The first kappa shape index (κ1) is 27.9. The average molecular weight is 555 g/mol. The maximum Gasteiger partial charge on any atom is 0.237 e. The standard InChI is InChI=1S/C30H34O10/c1-35-24-11-17(9-10-22(24)31)23(32)14-30(34,40-19-7-5-4-6-8-19)29-21-16-38-28(20(21)15-39-29)18-12-25(36-2)27(33)26(13-18)37-3/h4-13,20-21,23,28-29,31-34H,14-16H2,1-3H3. The molecule has 5 rings (SSSR count). The Morgan fingerprint density at radius 2 is 1.50 bits per heavy atom. The number of aliphatic hydroxyl groups is 2. The van der Waals surface area contributed by atoms with E-state index in [9.17, 15) is 20.4 Å². The van der Waals surface area contributed by atoms with Crippen LogP contribution in [0.25, 0.3) is 0 Å². The van der Waals surface area contributed by atoms with Crippen LogP contribution in [0.3, 0.4) is 0 Å². The first-order chi connectivity index (χ1) is 19.3. The Labute approximate surface area is 232 Å². The largest absolute Gasteiger partial charge is 0.504 e. The molecule has 40 heavy (non-hydrogen) atoms. The fourth-order valence-corrected chi connectivity index (χ4v) is 5.64. The Morgan fingerprint density at radius 3 is 2.15 bits per heavy atom. The van der Waals surface area contributed by atoms with E-state index in [1.54, 1.807) is 42.5 Å². The van der Waals surface area contributed by atoms with Crippen molar-refractivity contribution in [1.29, 1.82) is 0 Å². The summed E-state index contributed by atoms with van der Waals surface area (Å²) in [7, 11) is 4.34. The minimum absolute atomic E-state index is 0.0622. The first-order valence-electron chi connectivity index (χ1n) is 13.0. The SMILES string of the molecule is COc1cc(C(O)CC(O)(Oc2ccccc2)C2OCC3C(c4cc(OC)c(O)c(OC)c4)OCC32)ccc1O. The summed E-state index contributed by atoms with van der Waals surface area (Å²) in [5.41, 5.74) is 1.18. The number of fused-ring (bicyclic) bond motifs is 1. The highest BCUT2D eigenvalue weighted by atomic mass is 16.7. The molecule has 0 spiro atoms. The van der Waals surface area contributed by atoms with Crippen molar-refractivity contribution in [2.75, 3.05) is 34.5 Å². The number of ether oxygens (including phenoxy) is 6. The molecule has 2 heterocycles. The molecule has 4 N–H and O–H groups in total. The molecule has 6 atom stereocenters. The topological polar surface area (TPSA) is 136 Å². The van der Waals surface area contributed by atoms with Gasteiger partial charge >= 0.3 is 0 Å². The van der Waals surface area contributed by atoms with Crippen molar-refractivity contribution in [3.63, 3.8) is 0 Å². The fourth-order valence-electron chi connectivity index (χ4n) is 5.64. The van der Waals surface area contributed by atoms with E-state index in [2.05, 4.69) is 0 Å². The van der Waals surface area contributed by atoms with Crippen molar-refractivity contribution in [2.45, 2.75) is 30.5 Å². The predicted molar refractivity (Wildman–Crippen MR) is 143 cm³/mol. The summed E-state index contributed by atoms with van der Waals surface area (Å²) in [5.74, 6) is -1.40. The van der Waals surface area contributed by atoms with Crippen molar-refractivity contribution in [3.05, 3.63) is 71.8 Å². The van der Waals surface area contributed by atoms with Gasteiger partial charge < -0.3 is 48.8 Å². The number of rotatable bonds is 10. The summed E-state index contributed by atoms with van der Waals surface area (Å²) in [6, 6.07) is 16.7. The smallest absolute Gasteiger partial charge is 0.237 e. The number of hydrogen-bond acceptors (Lipinski definition) is 10. The number of hydrogen-bond donors (Lipinski definition) is 4. The Balaban J connectivity index is 1.44. The molecule has 3 aromatic rings. The lowest BCUT2D eigenvalue weighted by Gasteiger charge is -2.37. The molecular formula is C30H34O10. The second-order valence-electron chi connectivity index (χ2n) is 10.0. The Morgan fingerprint density at radius 1 is 0.850 bits per heavy atom. The van der Waals surface area contributed by atoms with Crippen LogP contribution in [-0.4, -0.2) is 66.9 Å². The van der Waals surface area contributed by atoms with Crippen LogP contribution in [0.2, 0.25) is 0 Å². The zero-order valence-corrected chi connectivity index (χ0v) is 22.5.